The lowest BCUT2D eigenvalue weighted by atomic mass is 9.95. The number of ether oxygens (including phenoxy) is 3. The fraction of sp³-hybridized carbons (Fsp3) is 0.444. The van der Waals surface area contributed by atoms with Gasteiger partial charge in [-0.15, -0.1) is 0 Å². The lowest BCUT2D eigenvalue weighted by molar-refractivity contribution is -0.137. The Morgan fingerprint density at radius 1 is 0.891 bits per heavy atom. The molecule has 0 radical (unpaired) electrons. The van der Waals surface area contributed by atoms with Gasteiger partial charge in [0, 0.05) is 39.1 Å². The minimum atomic E-state index is -5.09. The molecule has 4 aliphatic heterocycles. The molecular formula is C45H46F6N8O5. The molecule has 9 rings (SSSR count). The Labute approximate surface area is 364 Å². The molecule has 4 atom stereocenters. The van der Waals surface area contributed by atoms with Gasteiger partial charge in [0.1, 0.15) is 58.2 Å². The molecule has 2 bridgehead atoms. The second kappa shape index (κ2) is 16.8. The molecule has 0 aliphatic carbocycles. The van der Waals surface area contributed by atoms with E-state index in [-0.39, 0.29) is 63.0 Å². The van der Waals surface area contributed by atoms with Crippen LogP contribution in [0.4, 0.5) is 42.8 Å². The number of carboxylic acid groups (broad SMARTS) is 1. The largest absolute Gasteiger partial charge is 0.497 e. The molecular weight excluding hydrogens is 847 g/mol. The van der Waals surface area contributed by atoms with Crippen molar-refractivity contribution < 1.29 is 50.5 Å². The number of nitrogens with zero attached hydrogens (tertiary/aromatic N) is 8. The number of benzene rings is 2. The second-order valence-electron chi connectivity index (χ2n) is 17.0. The van der Waals surface area contributed by atoms with E-state index in [1.54, 1.807) is 58.3 Å². The van der Waals surface area contributed by atoms with Crippen LogP contribution in [0, 0.1) is 18.7 Å². The topological polar surface area (TPSA) is 130 Å². The molecule has 1 amide bonds. The van der Waals surface area contributed by atoms with Gasteiger partial charge in [-0.25, -0.2) is 23.5 Å². The number of hydrogen-bond acceptors (Lipinski definition) is 11. The molecule has 13 nitrogen and oxygen atoms in total. The zero-order chi connectivity index (χ0) is 45.1. The highest BCUT2D eigenvalue weighted by Crippen LogP contribution is 2.44. The number of hydrogen-bond donors (Lipinski definition) is 1. The fourth-order valence-electron chi connectivity index (χ4n) is 10.0. The highest BCUT2D eigenvalue weighted by atomic mass is 19.4. The number of alkyl halides is 4. The summed E-state index contributed by atoms with van der Waals surface area (Å²) in [6.45, 7) is 2.46. The molecule has 4 aliphatic rings. The highest BCUT2D eigenvalue weighted by Gasteiger charge is 2.50. The second-order valence-corrected chi connectivity index (χ2v) is 17.0. The van der Waals surface area contributed by atoms with Gasteiger partial charge < -0.3 is 29.1 Å². The molecule has 64 heavy (non-hydrogen) atoms. The van der Waals surface area contributed by atoms with Crippen molar-refractivity contribution in [2.45, 2.75) is 82.1 Å². The monoisotopic (exact) mass is 892 g/mol. The molecule has 1 N–H and O–H groups in total. The summed E-state index contributed by atoms with van der Waals surface area (Å²) in [7, 11) is 3.05. The first-order valence-corrected chi connectivity index (χ1v) is 21.1. The maximum atomic E-state index is 17.5. The van der Waals surface area contributed by atoms with Gasteiger partial charge in [-0.3, -0.25) is 9.80 Å². The Morgan fingerprint density at radius 3 is 2.09 bits per heavy atom. The summed E-state index contributed by atoms with van der Waals surface area (Å²) in [5, 5.41) is 9.42. The summed E-state index contributed by atoms with van der Waals surface area (Å²) < 4.78 is 111. The molecule has 4 fully saturated rings. The molecule has 4 saturated heterocycles. The predicted molar refractivity (Wildman–Crippen MR) is 224 cm³/mol. The third-order valence-electron chi connectivity index (χ3n) is 13.0. The van der Waals surface area contributed by atoms with Gasteiger partial charge in [0.05, 0.1) is 37.4 Å². The van der Waals surface area contributed by atoms with E-state index in [9.17, 15) is 14.3 Å². The number of methoxy groups -OCH3 is 2. The maximum absolute atomic E-state index is 17.5. The maximum Gasteiger partial charge on any atom is 0.418 e. The predicted octanol–water partition coefficient (Wildman–Crippen LogP) is 8.20. The van der Waals surface area contributed by atoms with Crippen LogP contribution in [0.3, 0.4) is 0 Å². The van der Waals surface area contributed by atoms with Gasteiger partial charge in [-0.2, -0.15) is 27.5 Å². The van der Waals surface area contributed by atoms with Crippen molar-refractivity contribution in [2.75, 3.05) is 56.8 Å². The minimum absolute atomic E-state index is 0.0242. The van der Waals surface area contributed by atoms with E-state index < -0.39 is 81.7 Å². The summed E-state index contributed by atoms with van der Waals surface area (Å²) in [5.74, 6) is -1.68. The summed E-state index contributed by atoms with van der Waals surface area (Å²) in [6.07, 6.45) is -4.60. The summed E-state index contributed by atoms with van der Waals surface area (Å²) in [6, 6.07) is 14.1. The Bertz CT molecular complexity index is 2510. The van der Waals surface area contributed by atoms with E-state index in [0.29, 0.717) is 37.3 Å². The van der Waals surface area contributed by atoms with Crippen LogP contribution in [-0.4, -0.2) is 112 Å². The van der Waals surface area contributed by atoms with Crippen LogP contribution >= 0.6 is 0 Å². The number of aryl methyl sites for hydroxylation is 1. The van der Waals surface area contributed by atoms with Gasteiger partial charge in [0.25, 0.3) is 0 Å². The Kier molecular flexibility index (Phi) is 11.3. The van der Waals surface area contributed by atoms with E-state index in [1.807, 2.05) is 4.90 Å². The van der Waals surface area contributed by atoms with Crippen LogP contribution < -0.4 is 24.0 Å². The number of rotatable bonds is 12. The van der Waals surface area contributed by atoms with E-state index in [2.05, 4.69) is 19.9 Å². The van der Waals surface area contributed by atoms with Gasteiger partial charge in [0.15, 0.2) is 5.82 Å². The van der Waals surface area contributed by atoms with Gasteiger partial charge in [0.2, 0.25) is 5.95 Å². The number of anilines is 2. The van der Waals surface area contributed by atoms with Crippen molar-refractivity contribution in [3.63, 3.8) is 0 Å². The Balaban J connectivity index is 1.18. The van der Waals surface area contributed by atoms with Gasteiger partial charge in [-0.1, -0.05) is 24.3 Å². The Morgan fingerprint density at radius 2 is 1.52 bits per heavy atom. The fourth-order valence-corrected chi connectivity index (χ4v) is 10.0. The summed E-state index contributed by atoms with van der Waals surface area (Å²) in [5.41, 5.74) is -3.47. The van der Waals surface area contributed by atoms with E-state index in [1.165, 1.54) is 32.1 Å². The third-order valence-corrected chi connectivity index (χ3v) is 13.0. The highest BCUT2D eigenvalue weighted by molar-refractivity contribution is 5.93. The quantitative estimate of drug-likeness (QED) is 0.0958. The first kappa shape index (κ1) is 43.2. The number of aromatic nitrogens is 4. The number of halogens is 6. The molecule has 0 saturated carbocycles. The average Bonchev–Trinajstić information content (AvgIpc) is 3.89. The molecule has 338 valence electrons. The molecule has 2 aromatic carbocycles. The average molecular weight is 893 g/mol. The molecule has 3 aromatic heterocycles. The number of piperazine rings is 1. The normalized spacial score (nSPS) is 22.0. The van der Waals surface area contributed by atoms with Crippen molar-refractivity contribution in [3.8, 4) is 28.9 Å². The van der Waals surface area contributed by atoms with Crippen molar-refractivity contribution in [2.24, 2.45) is 0 Å². The molecule has 0 spiro atoms. The molecule has 7 heterocycles. The smallest absolute Gasteiger partial charge is 0.418 e. The van der Waals surface area contributed by atoms with Crippen molar-refractivity contribution >= 4 is 28.6 Å². The zero-order valence-corrected chi connectivity index (χ0v) is 35.3. The van der Waals surface area contributed by atoms with E-state index in [4.69, 9.17) is 14.2 Å². The van der Waals surface area contributed by atoms with Crippen molar-refractivity contribution in [1.29, 1.82) is 0 Å². The number of pyridine rings is 2. The summed E-state index contributed by atoms with van der Waals surface area (Å²) >= 11 is 0. The first-order valence-electron chi connectivity index (χ1n) is 21.1. The molecule has 0 unspecified atom stereocenters. The van der Waals surface area contributed by atoms with E-state index in [0.717, 1.165) is 17.5 Å². The van der Waals surface area contributed by atoms with Crippen molar-refractivity contribution in [3.05, 3.63) is 88.6 Å². The number of carbonyl (C=O) groups is 1. The standard InChI is InChI=1S/C45H46F6N8O5/c1-25-17-33(56(19-26-5-11-31(62-2)12-6-26)20-27-7-13-32(63-3)14-8-27)52-38(35(25)45(49,50)51)39-36(47)37-34(40(48)53-39)41(57-22-29-9-10-30(23-57)59(29)43(60)61)55-42(54-37)64-24-44-15-4-16-58(44)21-28(46)18-44/h5-8,11-14,17,28-30H,4,9-10,15-16,18-24H2,1-3H3,(H,60,61)/t28-,29-,30+,44+/m1/s1. The number of amides is 1. The van der Waals surface area contributed by atoms with Crippen LogP contribution in [0.1, 0.15) is 54.4 Å². The van der Waals surface area contributed by atoms with Crippen LogP contribution in [0.2, 0.25) is 0 Å². The van der Waals surface area contributed by atoms with Gasteiger partial charge >= 0.3 is 18.3 Å². The third kappa shape index (κ3) is 8.02. The van der Waals surface area contributed by atoms with Crippen LogP contribution in [0.25, 0.3) is 22.3 Å². The van der Waals surface area contributed by atoms with Crippen LogP contribution in [0.5, 0.6) is 17.5 Å². The zero-order valence-electron chi connectivity index (χ0n) is 35.3. The lowest BCUT2D eigenvalue weighted by Crippen LogP contribution is -2.55. The minimum Gasteiger partial charge on any atom is -0.497 e. The Hall–Kier alpha value is -6.11. The van der Waals surface area contributed by atoms with Gasteiger partial charge in [-0.05, 0) is 86.2 Å². The SMILES string of the molecule is COc1ccc(CN(Cc2ccc(OC)cc2)c2cc(C)c(C(F)(F)F)c(-c3nc(F)c4c(N5C[C@H]6CC[C@@H](C5)N6C(=O)O)nc(OC[C@@]56CCCN5C[C@H](F)C6)nc4c3F)n2)cc1. The van der Waals surface area contributed by atoms with Crippen LogP contribution in [0.15, 0.2) is 54.6 Å². The molecule has 19 heteroatoms. The van der Waals surface area contributed by atoms with Crippen molar-refractivity contribution in [1.82, 2.24) is 29.7 Å². The van der Waals surface area contributed by atoms with E-state index >= 15 is 22.0 Å². The summed E-state index contributed by atoms with van der Waals surface area (Å²) in [4.78, 5) is 36.0. The molecule has 5 aromatic rings. The first-order chi connectivity index (χ1) is 30.6. The lowest BCUT2D eigenvalue weighted by Gasteiger charge is -2.40. The van der Waals surface area contributed by atoms with Crippen LogP contribution in [-0.2, 0) is 19.3 Å². The number of fused-ring (bicyclic) bond motifs is 4.